The van der Waals surface area contributed by atoms with Gasteiger partial charge >= 0.3 is 12.2 Å². The summed E-state index contributed by atoms with van der Waals surface area (Å²) in [5.41, 5.74) is 2.42. The minimum absolute atomic E-state index is 0.242. The van der Waals surface area contributed by atoms with Crippen LogP contribution in [0.25, 0.3) is 11.1 Å². The summed E-state index contributed by atoms with van der Waals surface area (Å²) in [5.74, 6) is 0.138. The molecule has 2 heterocycles. The Morgan fingerprint density at radius 3 is 1.62 bits per heavy atom. The molecule has 0 bridgehead atoms. The third-order valence-electron chi connectivity index (χ3n) is 5.05. The number of carbonyl (C=O) groups excluding carboxylic acids is 3. The average molecular weight is 583 g/mol. The van der Waals surface area contributed by atoms with Gasteiger partial charge in [-0.1, -0.05) is 13.2 Å². The third kappa shape index (κ3) is 11.4. The van der Waals surface area contributed by atoms with E-state index in [4.69, 9.17) is 4.74 Å². The zero-order valence-corrected chi connectivity index (χ0v) is 26.1. The Balaban J connectivity index is 0.000000420. The molecule has 0 fully saturated rings. The van der Waals surface area contributed by atoms with Gasteiger partial charge in [-0.05, 0) is 66.5 Å². The maximum atomic E-state index is 11.9. The number of aromatic nitrogens is 2. The molecule has 0 spiro atoms. The Morgan fingerprint density at radius 1 is 0.786 bits per heavy atom. The molecule has 0 saturated carbocycles. The zero-order valence-electron chi connectivity index (χ0n) is 26.1. The highest BCUT2D eigenvalue weighted by Crippen LogP contribution is 2.33. The Labute approximate surface area is 247 Å². The van der Waals surface area contributed by atoms with Gasteiger partial charge in [0.25, 0.3) is 0 Å². The summed E-state index contributed by atoms with van der Waals surface area (Å²) >= 11 is 0. The topological polar surface area (TPSA) is 163 Å². The number of rotatable bonds is 6. The van der Waals surface area contributed by atoms with Gasteiger partial charge in [0.15, 0.2) is 0 Å². The van der Waals surface area contributed by atoms with E-state index in [9.17, 15) is 24.3 Å². The Hall–Kier alpha value is -4.74. The van der Waals surface area contributed by atoms with Crippen molar-refractivity contribution in [2.45, 2.75) is 80.4 Å². The number of hydrogen-bond donors (Lipinski definition) is 4. The van der Waals surface area contributed by atoms with Crippen LogP contribution in [0.2, 0.25) is 0 Å². The van der Waals surface area contributed by atoms with E-state index in [0.29, 0.717) is 39.7 Å². The summed E-state index contributed by atoms with van der Waals surface area (Å²) in [6.45, 7) is 24.7. The Morgan fingerprint density at radius 2 is 1.24 bits per heavy atom. The van der Waals surface area contributed by atoms with E-state index >= 15 is 0 Å². The molecule has 2 rings (SSSR count). The molecule has 4 amide bonds. The highest BCUT2D eigenvalue weighted by atomic mass is 16.6. The van der Waals surface area contributed by atoms with Crippen molar-refractivity contribution < 1.29 is 29.0 Å². The largest absolute Gasteiger partial charge is 0.465 e. The zero-order chi connectivity index (χ0) is 32.6. The van der Waals surface area contributed by atoms with Crippen LogP contribution in [-0.4, -0.2) is 50.2 Å². The SMILES string of the molecule is C=C(C)c1cnc(NC(C)=O)cc1N(C(=O)O)C(C)(C)C.C=C(C)c1cnc(NC(C)=O)cc1NC(=O)OC(C)(C)C. The maximum absolute atomic E-state index is 11.9. The van der Waals surface area contributed by atoms with Crippen molar-refractivity contribution in [3.05, 3.63) is 48.8 Å². The Bertz CT molecular complexity index is 1370. The molecule has 0 aliphatic heterocycles. The van der Waals surface area contributed by atoms with Crippen molar-refractivity contribution in [1.82, 2.24) is 9.97 Å². The monoisotopic (exact) mass is 582 g/mol. The molecule has 12 heteroatoms. The van der Waals surface area contributed by atoms with E-state index in [1.807, 2.05) is 0 Å². The van der Waals surface area contributed by atoms with Crippen LogP contribution in [-0.2, 0) is 14.3 Å². The van der Waals surface area contributed by atoms with E-state index in [-0.39, 0.29) is 11.8 Å². The van der Waals surface area contributed by atoms with Crippen LogP contribution in [0, 0.1) is 0 Å². The summed E-state index contributed by atoms with van der Waals surface area (Å²) in [4.78, 5) is 55.2. The number of amides is 4. The van der Waals surface area contributed by atoms with Crippen LogP contribution < -0.4 is 20.9 Å². The predicted octanol–water partition coefficient (Wildman–Crippen LogP) is 6.78. The number of anilines is 4. The summed E-state index contributed by atoms with van der Waals surface area (Å²) in [6.07, 6.45) is 1.40. The lowest BCUT2D eigenvalue weighted by atomic mass is 10.0. The molecule has 0 aliphatic rings. The first-order chi connectivity index (χ1) is 19.1. The highest BCUT2D eigenvalue weighted by molar-refractivity contribution is 5.95. The molecule has 0 atom stereocenters. The number of pyridine rings is 2. The van der Waals surface area contributed by atoms with E-state index in [0.717, 1.165) is 5.57 Å². The van der Waals surface area contributed by atoms with Crippen LogP contribution in [0.4, 0.5) is 32.6 Å². The molecule has 4 N–H and O–H groups in total. The Kier molecular flexibility index (Phi) is 12.0. The molecule has 0 aromatic carbocycles. The minimum atomic E-state index is -1.08. The van der Waals surface area contributed by atoms with Crippen molar-refractivity contribution in [2.75, 3.05) is 20.9 Å². The number of ether oxygens (including phenoxy) is 1. The quantitative estimate of drug-likeness (QED) is 0.290. The van der Waals surface area contributed by atoms with Crippen LogP contribution in [0.5, 0.6) is 0 Å². The highest BCUT2D eigenvalue weighted by Gasteiger charge is 2.30. The fourth-order valence-corrected chi connectivity index (χ4v) is 3.52. The van der Waals surface area contributed by atoms with Gasteiger partial charge < -0.3 is 20.5 Å². The van der Waals surface area contributed by atoms with Gasteiger partial charge in [0, 0.05) is 55.0 Å². The smallest absolute Gasteiger partial charge is 0.412 e. The molecular formula is C30H42N6O6. The number of allylic oxidation sites excluding steroid dienone is 2. The third-order valence-corrected chi connectivity index (χ3v) is 5.05. The van der Waals surface area contributed by atoms with Crippen LogP contribution in [0.1, 0.15) is 80.4 Å². The molecular weight excluding hydrogens is 540 g/mol. The number of hydrogen-bond acceptors (Lipinski definition) is 7. The molecule has 228 valence electrons. The van der Waals surface area contributed by atoms with Crippen LogP contribution in [0.15, 0.2) is 37.7 Å². The second kappa shape index (κ2) is 14.2. The summed E-state index contributed by atoms with van der Waals surface area (Å²) < 4.78 is 5.21. The van der Waals surface area contributed by atoms with Crippen molar-refractivity contribution in [3.8, 4) is 0 Å². The second-order valence-electron chi connectivity index (χ2n) is 11.5. The molecule has 0 saturated heterocycles. The van der Waals surface area contributed by atoms with Gasteiger partial charge in [-0.25, -0.2) is 19.6 Å². The van der Waals surface area contributed by atoms with Gasteiger partial charge in [0.1, 0.15) is 17.2 Å². The lowest BCUT2D eigenvalue weighted by molar-refractivity contribution is -0.115. The number of nitrogens with zero attached hydrogens (tertiary/aromatic N) is 3. The van der Waals surface area contributed by atoms with E-state index in [1.165, 1.54) is 24.9 Å². The first kappa shape index (κ1) is 35.3. The van der Waals surface area contributed by atoms with E-state index < -0.39 is 23.3 Å². The van der Waals surface area contributed by atoms with Gasteiger partial charge in [-0.3, -0.25) is 19.8 Å². The second-order valence-corrected chi connectivity index (χ2v) is 11.5. The van der Waals surface area contributed by atoms with Gasteiger partial charge in [-0.2, -0.15) is 0 Å². The predicted molar refractivity (Wildman–Crippen MR) is 167 cm³/mol. The molecule has 42 heavy (non-hydrogen) atoms. The number of nitrogens with one attached hydrogen (secondary N) is 3. The first-order valence-electron chi connectivity index (χ1n) is 13.0. The summed E-state index contributed by atoms with van der Waals surface area (Å²) in [7, 11) is 0. The molecule has 2 aromatic heterocycles. The van der Waals surface area contributed by atoms with Gasteiger partial charge in [0.05, 0.1) is 11.4 Å². The molecule has 2 aromatic rings. The summed E-state index contributed by atoms with van der Waals surface area (Å²) in [6, 6.07) is 3.11. The standard InChI is InChI=1S/2C15H21N3O3/c1-9(2)11-8-16-13(17-10(3)19)7-12(11)18-14(20)21-15(4,5)6;1-9(2)11-8-16-13(17-10(3)19)7-12(11)18(14(20)21)15(4,5)6/h7-8H,1H2,2-6H3,(H2,16,17,18,19,20);7-8H,1H2,2-6H3,(H,20,21)(H,16,17,19). The lowest BCUT2D eigenvalue weighted by Crippen LogP contribution is -2.45. The van der Waals surface area contributed by atoms with Crippen molar-refractivity contribution in [1.29, 1.82) is 0 Å². The molecule has 0 radical (unpaired) electrons. The van der Waals surface area contributed by atoms with Gasteiger partial charge in [0.2, 0.25) is 11.8 Å². The van der Waals surface area contributed by atoms with E-state index in [2.05, 4.69) is 39.1 Å². The fourth-order valence-electron chi connectivity index (χ4n) is 3.52. The lowest BCUT2D eigenvalue weighted by Gasteiger charge is -2.34. The fraction of sp³-hybridized carbons (Fsp3) is 0.400. The average Bonchev–Trinajstić information content (AvgIpc) is 2.76. The summed E-state index contributed by atoms with van der Waals surface area (Å²) in [5, 5.41) is 17.3. The molecule has 0 aliphatic carbocycles. The van der Waals surface area contributed by atoms with Crippen molar-refractivity contribution in [3.63, 3.8) is 0 Å². The molecule has 12 nitrogen and oxygen atoms in total. The maximum Gasteiger partial charge on any atom is 0.412 e. The van der Waals surface area contributed by atoms with Crippen molar-refractivity contribution in [2.24, 2.45) is 0 Å². The number of carboxylic acid groups (broad SMARTS) is 1. The van der Waals surface area contributed by atoms with Crippen LogP contribution >= 0.6 is 0 Å². The molecule has 0 unspecified atom stereocenters. The van der Waals surface area contributed by atoms with E-state index in [1.54, 1.807) is 73.7 Å². The first-order valence-corrected chi connectivity index (χ1v) is 13.0. The van der Waals surface area contributed by atoms with Gasteiger partial charge in [-0.15, -0.1) is 0 Å². The number of carbonyl (C=O) groups is 4. The minimum Gasteiger partial charge on any atom is -0.465 e. The van der Waals surface area contributed by atoms with Crippen LogP contribution in [0.3, 0.4) is 0 Å². The van der Waals surface area contributed by atoms with Crippen molar-refractivity contribution >= 4 is 58.2 Å². The normalized spacial score (nSPS) is 10.8.